The Labute approximate surface area is 179 Å². The second kappa shape index (κ2) is 9.41. The monoisotopic (exact) mass is 424 g/mol. The molecule has 0 aliphatic carbocycles. The van der Waals surface area contributed by atoms with Crippen LogP contribution in [0.4, 0.5) is 0 Å². The summed E-state index contributed by atoms with van der Waals surface area (Å²) in [4.78, 5) is 29.1. The molecule has 0 amide bonds. The van der Waals surface area contributed by atoms with Crippen molar-refractivity contribution in [3.63, 3.8) is 0 Å². The van der Waals surface area contributed by atoms with Crippen LogP contribution >= 0.6 is 11.6 Å². The molecule has 2 aromatic rings. The number of hydrogen-bond acceptors (Lipinski definition) is 5. The van der Waals surface area contributed by atoms with E-state index in [2.05, 4.69) is 10.3 Å². The van der Waals surface area contributed by atoms with Gasteiger partial charge in [0.1, 0.15) is 6.61 Å². The number of carboxylic acids is 1. The number of dihydropyridines is 1. The van der Waals surface area contributed by atoms with Gasteiger partial charge in [-0.05, 0) is 55.8 Å². The normalized spacial score (nSPS) is 16.6. The number of ether oxygens (including phenoxy) is 1. The summed E-state index contributed by atoms with van der Waals surface area (Å²) < 4.78 is 5.42. The van der Waals surface area contributed by atoms with Crippen LogP contribution in [0.3, 0.4) is 0 Å². The van der Waals surface area contributed by atoms with Crippen molar-refractivity contribution >= 4 is 29.6 Å². The quantitative estimate of drug-likeness (QED) is 0.672. The fourth-order valence-electron chi connectivity index (χ4n) is 3.41. The Morgan fingerprint density at radius 1 is 1.17 bits per heavy atom. The lowest BCUT2D eigenvalue weighted by Crippen LogP contribution is -2.31. The van der Waals surface area contributed by atoms with Crippen LogP contribution in [-0.4, -0.2) is 28.6 Å². The maximum absolute atomic E-state index is 12.9. The Hall–Kier alpha value is -3.38. The highest BCUT2D eigenvalue weighted by Gasteiger charge is 2.37. The van der Waals surface area contributed by atoms with Gasteiger partial charge in [-0.15, -0.1) is 0 Å². The van der Waals surface area contributed by atoms with Crippen LogP contribution < -0.4 is 5.32 Å². The molecule has 3 rings (SSSR count). The number of esters is 1. The fourth-order valence-corrected chi connectivity index (χ4v) is 3.61. The highest BCUT2D eigenvalue weighted by atomic mass is 35.5. The van der Waals surface area contributed by atoms with E-state index in [0.717, 1.165) is 5.69 Å². The largest absolute Gasteiger partial charge is 0.478 e. The maximum atomic E-state index is 12.9. The third-order valence-electron chi connectivity index (χ3n) is 4.68. The molecule has 1 aliphatic rings. The van der Waals surface area contributed by atoms with E-state index in [9.17, 15) is 14.7 Å². The van der Waals surface area contributed by atoms with Crippen LogP contribution in [0.15, 0.2) is 77.3 Å². The van der Waals surface area contributed by atoms with Crippen LogP contribution in [0.25, 0.3) is 6.08 Å². The summed E-state index contributed by atoms with van der Waals surface area (Å²) in [5, 5.41) is 13.3. The van der Waals surface area contributed by atoms with Crippen LogP contribution in [0.5, 0.6) is 0 Å². The van der Waals surface area contributed by atoms with Gasteiger partial charge in [-0.25, -0.2) is 9.59 Å². The number of nitrogens with zero attached hydrogens (tertiary/aromatic N) is 1. The standard InChI is InChI=1S/C23H21ClN2O4/c1-14-19(22(27)28)21(16-7-5-8-17(24)13-16)20(15(2)26-14)23(29)30-12-6-10-18-9-3-4-11-25-18/h3-11,13,21,26H,12H2,1-2H3,(H,27,28)/b10-6+. The molecule has 0 fully saturated rings. The van der Waals surface area contributed by atoms with E-state index in [0.29, 0.717) is 22.0 Å². The molecule has 30 heavy (non-hydrogen) atoms. The highest BCUT2D eigenvalue weighted by molar-refractivity contribution is 6.30. The van der Waals surface area contributed by atoms with Gasteiger partial charge < -0.3 is 15.2 Å². The molecule has 0 saturated heterocycles. The van der Waals surface area contributed by atoms with Crippen molar-refractivity contribution in [2.24, 2.45) is 0 Å². The van der Waals surface area contributed by atoms with E-state index in [4.69, 9.17) is 16.3 Å². The Morgan fingerprint density at radius 3 is 2.60 bits per heavy atom. The first kappa shape index (κ1) is 21.3. The van der Waals surface area contributed by atoms with E-state index in [-0.39, 0.29) is 17.8 Å². The number of allylic oxidation sites excluding steroid dienone is 2. The smallest absolute Gasteiger partial charge is 0.337 e. The first-order chi connectivity index (χ1) is 14.4. The van der Waals surface area contributed by atoms with Crippen LogP contribution in [0.1, 0.15) is 31.0 Å². The molecule has 1 atom stereocenters. The molecular weight excluding hydrogens is 404 g/mol. The van der Waals surface area contributed by atoms with E-state index < -0.39 is 17.9 Å². The minimum atomic E-state index is -1.11. The number of rotatable bonds is 6. The number of aromatic nitrogens is 1. The van der Waals surface area contributed by atoms with Gasteiger partial charge in [-0.2, -0.15) is 0 Å². The third-order valence-corrected chi connectivity index (χ3v) is 4.91. The molecule has 1 aliphatic heterocycles. The molecule has 1 aromatic heterocycles. The molecule has 2 heterocycles. The van der Waals surface area contributed by atoms with Gasteiger partial charge in [0.2, 0.25) is 0 Å². The highest BCUT2D eigenvalue weighted by Crippen LogP contribution is 2.39. The summed E-state index contributed by atoms with van der Waals surface area (Å²) in [6.07, 6.45) is 5.10. The Morgan fingerprint density at radius 2 is 1.93 bits per heavy atom. The predicted molar refractivity (Wildman–Crippen MR) is 115 cm³/mol. The van der Waals surface area contributed by atoms with E-state index in [1.807, 2.05) is 18.2 Å². The summed E-state index contributed by atoms with van der Waals surface area (Å²) in [6, 6.07) is 12.3. The molecule has 0 radical (unpaired) electrons. The first-order valence-corrected chi connectivity index (χ1v) is 9.68. The number of nitrogens with one attached hydrogen (secondary N) is 1. The first-order valence-electron chi connectivity index (χ1n) is 9.30. The summed E-state index contributed by atoms with van der Waals surface area (Å²) in [6.45, 7) is 3.42. The van der Waals surface area contributed by atoms with Crippen molar-refractivity contribution in [1.29, 1.82) is 0 Å². The number of halogens is 1. The fraction of sp³-hybridized carbons (Fsp3) is 0.174. The molecule has 154 valence electrons. The predicted octanol–water partition coefficient (Wildman–Crippen LogP) is 4.31. The van der Waals surface area contributed by atoms with Crippen molar-refractivity contribution in [2.45, 2.75) is 19.8 Å². The second-order valence-electron chi connectivity index (χ2n) is 6.75. The number of carboxylic acid groups (broad SMARTS) is 1. The zero-order valence-electron chi connectivity index (χ0n) is 16.6. The molecule has 2 N–H and O–H groups in total. The van der Waals surface area contributed by atoms with Crippen molar-refractivity contribution in [3.05, 3.63) is 93.6 Å². The summed E-state index contributed by atoms with van der Waals surface area (Å²) in [5.41, 5.74) is 2.69. The van der Waals surface area contributed by atoms with Gasteiger partial charge in [0.25, 0.3) is 0 Å². The zero-order valence-corrected chi connectivity index (χ0v) is 17.3. The maximum Gasteiger partial charge on any atom is 0.337 e. The molecule has 0 bridgehead atoms. The number of carbonyl (C=O) groups excluding carboxylic acids is 1. The third kappa shape index (κ3) is 4.78. The molecule has 1 unspecified atom stereocenters. The van der Waals surface area contributed by atoms with E-state index in [1.165, 1.54) is 0 Å². The molecule has 1 aromatic carbocycles. The Bertz CT molecular complexity index is 1060. The topological polar surface area (TPSA) is 88.5 Å². The van der Waals surface area contributed by atoms with Gasteiger partial charge in [-0.3, -0.25) is 4.98 Å². The van der Waals surface area contributed by atoms with Gasteiger partial charge in [0.05, 0.1) is 22.8 Å². The zero-order chi connectivity index (χ0) is 21.7. The molecule has 6 nitrogen and oxygen atoms in total. The SMILES string of the molecule is CC1=C(C(=O)O)C(c2cccc(Cl)c2)C(C(=O)OC/C=C/c2ccccn2)=C(C)N1. The van der Waals surface area contributed by atoms with Crippen LogP contribution in [0, 0.1) is 0 Å². The van der Waals surface area contributed by atoms with E-state index in [1.54, 1.807) is 56.5 Å². The minimum absolute atomic E-state index is 0.0273. The van der Waals surface area contributed by atoms with Crippen LogP contribution in [0.2, 0.25) is 5.02 Å². The summed E-state index contributed by atoms with van der Waals surface area (Å²) >= 11 is 6.13. The van der Waals surface area contributed by atoms with Crippen molar-refractivity contribution in [2.75, 3.05) is 6.61 Å². The lowest BCUT2D eigenvalue weighted by Gasteiger charge is -2.29. The van der Waals surface area contributed by atoms with Gasteiger partial charge in [-0.1, -0.05) is 29.8 Å². The average molecular weight is 425 g/mol. The number of carbonyl (C=O) groups is 2. The number of benzene rings is 1. The second-order valence-corrected chi connectivity index (χ2v) is 7.19. The minimum Gasteiger partial charge on any atom is -0.478 e. The van der Waals surface area contributed by atoms with Crippen molar-refractivity contribution in [3.8, 4) is 0 Å². The van der Waals surface area contributed by atoms with Crippen molar-refractivity contribution in [1.82, 2.24) is 10.3 Å². The number of pyridine rings is 1. The van der Waals surface area contributed by atoms with E-state index >= 15 is 0 Å². The Kier molecular flexibility index (Phi) is 6.69. The number of hydrogen-bond donors (Lipinski definition) is 2. The lowest BCUT2D eigenvalue weighted by molar-refractivity contribution is -0.138. The van der Waals surface area contributed by atoms with Crippen LogP contribution in [-0.2, 0) is 14.3 Å². The average Bonchev–Trinajstić information content (AvgIpc) is 2.71. The molecule has 0 spiro atoms. The summed E-state index contributed by atoms with van der Waals surface area (Å²) in [5.74, 6) is -2.51. The number of aliphatic carboxylic acids is 1. The molecule has 0 saturated carbocycles. The van der Waals surface area contributed by atoms with Crippen molar-refractivity contribution < 1.29 is 19.4 Å². The molecular formula is C23H21ClN2O4. The Balaban J connectivity index is 1.88. The van der Waals surface area contributed by atoms with Gasteiger partial charge in [0.15, 0.2) is 0 Å². The van der Waals surface area contributed by atoms with Gasteiger partial charge in [0, 0.05) is 22.6 Å². The summed E-state index contributed by atoms with van der Waals surface area (Å²) in [7, 11) is 0. The molecule has 7 heteroatoms. The van der Waals surface area contributed by atoms with Gasteiger partial charge >= 0.3 is 11.9 Å². The lowest BCUT2D eigenvalue weighted by atomic mass is 9.80.